The minimum absolute atomic E-state index is 0.247. The molecule has 0 aliphatic rings. The smallest absolute Gasteiger partial charge is 0.123 e. The third kappa shape index (κ3) is 8.27. The van der Waals surface area contributed by atoms with E-state index in [1.165, 1.54) is 52.3 Å². The van der Waals surface area contributed by atoms with Crippen molar-refractivity contribution in [2.75, 3.05) is 0 Å². The molecule has 0 radical (unpaired) electrons. The summed E-state index contributed by atoms with van der Waals surface area (Å²) in [6.45, 7) is 0. The zero-order chi connectivity index (χ0) is 31.7. The fourth-order valence-corrected chi connectivity index (χ4v) is 7.19. The van der Waals surface area contributed by atoms with Crippen molar-refractivity contribution in [2.24, 2.45) is 0 Å². The molecule has 0 heterocycles. The van der Waals surface area contributed by atoms with Crippen LogP contribution in [0.25, 0.3) is 36.5 Å². The average Bonchev–Trinajstić information content (AvgIpc) is 3.09. The van der Waals surface area contributed by atoms with Crippen LogP contribution in [0.3, 0.4) is 0 Å². The summed E-state index contributed by atoms with van der Waals surface area (Å²) < 4.78 is 39.9. The molecule has 0 aromatic heterocycles. The van der Waals surface area contributed by atoms with Crippen LogP contribution in [0.15, 0.2) is 146 Å². The summed E-state index contributed by atoms with van der Waals surface area (Å²) in [5.41, 5.74) is 6.00. The van der Waals surface area contributed by atoms with Gasteiger partial charge in [0.1, 0.15) is 17.5 Å². The summed E-state index contributed by atoms with van der Waals surface area (Å²) in [6.07, 6.45) is 12.0. The molecule has 0 nitrogen and oxygen atoms in total. The molecular weight excluding hydrogens is 592 g/mol. The summed E-state index contributed by atoms with van der Waals surface area (Å²) in [5.74, 6) is -0.740. The van der Waals surface area contributed by atoms with Crippen LogP contribution >= 0.6 is 7.92 Å². The summed E-state index contributed by atoms with van der Waals surface area (Å²) in [7, 11) is -0.851. The predicted molar refractivity (Wildman–Crippen MR) is 191 cm³/mol. The van der Waals surface area contributed by atoms with Crippen molar-refractivity contribution in [3.8, 4) is 0 Å². The van der Waals surface area contributed by atoms with Crippen LogP contribution in [0.4, 0.5) is 13.2 Å². The highest BCUT2D eigenvalue weighted by Crippen LogP contribution is 2.33. The molecule has 0 unspecified atom stereocenters. The normalized spacial score (nSPS) is 11.7. The molecule has 0 saturated heterocycles. The Kier molecular flexibility index (Phi) is 9.83. The maximum Gasteiger partial charge on any atom is 0.123 e. The molecule has 6 rings (SSSR count). The molecule has 0 N–H and O–H groups in total. The van der Waals surface area contributed by atoms with Crippen LogP contribution in [0.1, 0.15) is 33.4 Å². The van der Waals surface area contributed by atoms with Crippen LogP contribution in [0, 0.1) is 17.5 Å². The first-order valence-corrected chi connectivity index (χ1v) is 16.2. The number of halogens is 3. The Bertz CT molecular complexity index is 1720. The van der Waals surface area contributed by atoms with Crippen LogP contribution < -0.4 is 15.9 Å². The lowest BCUT2D eigenvalue weighted by molar-refractivity contribution is 0.627. The first-order chi connectivity index (χ1) is 22.5. The Balaban J connectivity index is 1.27. The second-order valence-electron chi connectivity index (χ2n) is 10.8. The summed E-state index contributed by atoms with van der Waals surface area (Å²) >= 11 is 0. The van der Waals surface area contributed by atoms with Crippen molar-refractivity contribution < 1.29 is 13.2 Å². The Morgan fingerprint density at radius 1 is 0.261 bits per heavy atom. The van der Waals surface area contributed by atoms with Crippen molar-refractivity contribution in [2.45, 2.75) is 0 Å². The third-order valence-corrected chi connectivity index (χ3v) is 9.91. The van der Waals surface area contributed by atoms with Gasteiger partial charge in [0, 0.05) is 0 Å². The minimum atomic E-state index is -0.851. The van der Waals surface area contributed by atoms with Gasteiger partial charge in [0.05, 0.1) is 0 Å². The van der Waals surface area contributed by atoms with Crippen LogP contribution in [-0.4, -0.2) is 0 Å². The van der Waals surface area contributed by atoms with Crippen LogP contribution in [-0.2, 0) is 0 Å². The molecule has 0 fully saturated rings. The number of rotatable bonds is 9. The molecule has 0 aliphatic carbocycles. The van der Waals surface area contributed by atoms with E-state index in [1.54, 1.807) is 36.4 Å². The van der Waals surface area contributed by atoms with Crippen molar-refractivity contribution >= 4 is 60.3 Å². The molecule has 0 amide bonds. The Morgan fingerprint density at radius 2 is 0.435 bits per heavy atom. The molecule has 46 heavy (non-hydrogen) atoms. The first-order valence-electron chi connectivity index (χ1n) is 14.9. The van der Waals surface area contributed by atoms with Gasteiger partial charge in [-0.25, -0.2) is 13.2 Å². The molecule has 224 valence electrons. The van der Waals surface area contributed by atoms with Crippen LogP contribution in [0.2, 0.25) is 0 Å². The first kappa shape index (κ1) is 30.8. The number of hydrogen-bond donors (Lipinski definition) is 0. The van der Waals surface area contributed by atoms with E-state index in [1.807, 2.05) is 36.5 Å². The molecule has 4 heteroatoms. The second-order valence-corrected chi connectivity index (χ2v) is 13.0. The molecule has 0 saturated carbocycles. The highest BCUT2D eigenvalue weighted by Gasteiger charge is 2.16. The Labute approximate surface area is 269 Å². The fourth-order valence-electron chi connectivity index (χ4n) is 4.95. The van der Waals surface area contributed by atoms with Crippen molar-refractivity contribution in [3.63, 3.8) is 0 Å². The van der Waals surface area contributed by atoms with Gasteiger partial charge in [-0.1, -0.05) is 146 Å². The largest absolute Gasteiger partial charge is 0.207 e. The topological polar surface area (TPSA) is 0 Å². The minimum Gasteiger partial charge on any atom is -0.207 e. The molecule has 0 spiro atoms. The van der Waals surface area contributed by atoms with Crippen LogP contribution in [0.5, 0.6) is 0 Å². The molecule has 6 aromatic carbocycles. The maximum absolute atomic E-state index is 13.3. The van der Waals surface area contributed by atoms with Gasteiger partial charge >= 0.3 is 0 Å². The summed E-state index contributed by atoms with van der Waals surface area (Å²) in [4.78, 5) is 0. The van der Waals surface area contributed by atoms with E-state index in [9.17, 15) is 13.2 Å². The molecule has 0 bridgehead atoms. The lowest BCUT2D eigenvalue weighted by Gasteiger charge is -2.20. The van der Waals surface area contributed by atoms with Crippen molar-refractivity contribution in [3.05, 3.63) is 196 Å². The second kappa shape index (κ2) is 14.7. The SMILES string of the molecule is Fc1ccc(/C=C/c2ccc(P(c3ccc(/C=C/c4ccc(F)cc4)cc3)c3ccc(/C=C/c4ccc(F)cc4)cc3)cc2)cc1. The molecular formula is C42H30F3P. The highest BCUT2D eigenvalue weighted by atomic mass is 31.1. The van der Waals surface area contributed by atoms with Crippen molar-refractivity contribution in [1.29, 1.82) is 0 Å². The monoisotopic (exact) mass is 622 g/mol. The molecule has 6 aromatic rings. The lowest BCUT2D eigenvalue weighted by atomic mass is 10.1. The van der Waals surface area contributed by atoms with Gasteiger partial charge in [0.25, 0.3) is 0 Å². The molecule has 0 atom stereocenters. The lowest BCUT2D eigenvalue weighted by Crippen LogP contribution is -2.20. The van der Waals surface area contributed by atoms with E-state index in [-0.39, 0.29) is 17.5 Å². The van der Waals surface area contributed by atoms with E-state index in [2.05, 4.69) is 72.8 Å². The van der Waals surface area contributed by atoms with E-state index < -0.39 is 7.92 Å². The van der Waals surface area contributed by atoms with Gasteiger partial charge in [-0.05, 0) is 93.6 Å². The van der Waals surface area contributed by atoms with Gasteiger partial charge in [0.15, 0.2) is 0 Å². The van der Waals surface area contributed by atoms with E-state index >= 15 is 0 Å². The zero-order valence-electron chi connectivity index (χ0n) is 24.9. The van der Waals surface area contributed by atoms with E-state index in [4.69, 9.17) is 0 Å². The Hall–Kier alpha value is -5.24. The summed E-state index contributed by atoms with van der Waals surface area (Å²) in [6, 6.07) is 45.1. The molecule has 0 aliphatic heterocycles. The third-order valence-electron chi connectivity index (χ3n) is 7.47. The number of benzene rings is 6. The standard InChI is InChI=1S/C42H30F3P/c43-37-19-7-31(8-20-37)1-4-34-13-25-40(26-14-34)46(41-27-15-35(16-28-41)5-2-32-9-21-38(44)22-10-32)42-29-17-36(18-30-42)6-3-33-11-23-39(45)24-12-33/h1-30H/b4-1+,5-2+,6-3+. The fraction of sp³-hybridized carbons (Fsp3) is 0. The van der Waals surface area contributed by atoms with Crippen molar-refractivity contribution in [1.82, 2.24) is 0 Å². The quantitative estimate of drug-likeness (QED) is 0.111. The zero-order valence-corrected chi connectivity index (χ0v) is 25.8. The predicted octanol–water partition coefficient (Wildman–Crippen LogP) is 10.4. The van der Waals surface area contributed by atoms with Gasteiger partial charge in [0.2, 0.25) is 0 Å². The summed E-state index contributed by atoms with van der Waals surface area (Å²) in [5, 5.41) is 3.66. The number of hydrogen-bond acceptors (Lipinski definition) is 0. The van der Waals surface area contributed by atoms with E-state index in [0.29, 0.717) is 0 Å². The van der Waals surface area contributed by atoms with Gasteiger partial charge < -0.3 is 0 Å². The average molecular weight is 623 g/mol. The maximum atomic E-state index is 13.3. The Morgan fingerprint density at radius 3 is 0.630 bits per heavy atom. The highest BCUT2D eigenvalue weighted by molar-refractivity contribution is 7.79. The van der Waals surface area contributed by atoms with Gasteiger partial charge in [-0.3, -0.25) is 0 Å². The van der Waals surface area contributed by atoms with E-state index in [0.717, 1.165) is 33.4 Å². The van der Waals surface area contributed by atoms with Gasteiger partial charge in [-0.15, -0.1) is 0 Å². The van der Waals surface area contributed by atoms with Gasteiger partial charge in [-0.2, -0.15) is 0 Å².